The second-order valence-corrected chi connectivity index (χ2v) is 3.37. The minimum Gasteiger partial charge on any atom is -0.477 e. The van der Waals surface area contributed by atoms with E-state index in [9.17, 15) is 13.6 Å². The number of carbonyl (C=O) groups is 1. The molecule has 8 heteroatoms. The lowest BCUT2D eigenvalue weighted by Crippen LogP contribution is -2.39. The summed E-state index contributed by atoms with van der Waals surface area (Å²) in [5.41, 5.74) is 0. The Morgan fingerprint density at radius 3 is 2.93 bits per heavy atom. The number of halogens is 2. The molecule has 0 aromatic carbocycles. The fraction of sp³-hybridized carbons (Fsp3) is 0.500. The molecule has 0 saturated heterocycles. The summed E-state index contributed by atoms with van der Waals surface area (Å²) in [4.78, 5) is 10.7. The summed E-state index contributed by atoms with van der Waals surface area (Å²) in [6.45, 7) is -0.763. The van der Waals surface area contributed by atoms with Crippen molar-refractivity contribution in [3.05, 3.63) is 11.1 Å². The zero-order chi connectivity index (χ0) is 10.6. The number of carboxylic acids is 1. The molecular formula is C6H7F2N3O2S. The van der Waals surface area contributed by atoms with Gasteiger partial charge in [-0.2, -0.15) is 8.78 Å². The van der Waals surface area contributed by atoms with Crippen LogP contribution >= 0.6 is 11.5 Å². The van der Waals surface area contributed by atoms with Gasteiger partial charge in [-0.15, -0.1) is 5.10 Å². The van der Waals surface area contributed by atoms with E-state index < -0.39 is 18.4 Å². The molecule has 0 saturated carbocycles. The number of hydrogen-bond donors (Lipinski definition) is 2. The van der Waals surface area contributed by atoms with E-state index in [4.69, 9.17) is 5.11 Å². The minimum absolute atomic E-state index is 0.139. The average molecular weight is 223 g/mol. The molecule has 1 heterocycles. The first-order valence-corrected chi connectivity index (χ1v) is 4.38. The Morgan fingerprint density at radius 1 is 1.71 bits per heavy atom. The number of hydrogen-bond acceptors (Lipinski definition) is 5. The Bertz CT molecular complexity index is 304. The smallest absolute Gasteiger partial charge is 0.375 e. The van der Waals surface area contributed by atoms with E-state index in [0.29, 0.717) is 4.88 Å². The number of nitrogens with one attached hydrogen (secondary N) is 1. The fourth-order valence-electron chi connectivity index (χ4n) is 0.684. The third kappa shape index (κ3) is 2.96. The maximum Gasteiger partial charge on any atom is 0.375 e. The van der Waals surface area contributed by atoms with Crippen LogP contribution in [0, 0.1) is 0 Å². The van der Waals surface area contributed by atoms with Gasteiger partial charge in [0.1, 0.15) is 0 Å². The third-order valence-corrected chi connectivity index (χ3v) is 2.03. The highest BCUT2D eigenvalue weighted by Crippen LogP contribution is 2.12. The topological polar surface area (TPSA) is 75.1 Å². The van der Waals surface area contributed by atoms with E-state index in [2.05, 4.69) is 14.9 Å². The van der Waals surface area contributed by atoms with Gasteiger partial charge in [0.15, 0.2) is 0 Å². The summed E-state index contributed by atoms with van der Waals surface area (Å²) in [6.07, 6.45) is 1.43. The molecule has 0 radical (unpaired) electrons. The van der Waals surface area contributed by atoms with Crippen LogP contribution in [0.15, 0.2) is 6.20 Å². The Morgan fingerprint density at radius 2 is 2.43 bits per heavy atom. The number of carboxylic acid groups (broad SMARTS) is 1. The van der Waals surface area contributed by atoms with Crippen LogP contribution in [-0.2, 0) is 11.3 Å². The zero-order valence-corrected chi connectivity index (χ0v) is 7.72. The quantitative estimate of drug-likeness (QED) is 0.753. The van der Waals surface area contributed by atoms with Crippen molar-refractivity contribution >= 4 is 17.5 Å². The molecule has 0 aliphatic carbocycles. The molecule has 0 fully saturated rings. The Kier molecular flexibility index (Phi) is 3.42. The summed E-state index contributed by atoms with van der Waals surface area (Å²) in [7, 11) is 0. The maximum atomic E-state index is 12.5. The van der Waals surface area contributed by atoms with Crippen LogP contribution in [0.4, 0.5) is 8.78 Å². The predicted molar refractivity (Wildman–Crippen MR) is 44.2 cm³/mol. The zero-order valence-electron chi connectivity index (χ0n) is 6.91. The highest BCUT2D eigenvalue weighted by Gasteiger charge is 2.38. The summed E-state index contributed by atoms with van der Waals surface area (Å²) in [5.74, 6) is -5.87. The maximum absolute atomic E-state index is 12.5. The normalized spacial score (nSPS) is 11.6. The SMILES string of the molecule is O=C(O)C(F)(F)CNCc1cnns1. The largest absolute Gasteiger partial charge is 0.477 e. The van der Waals surface area contributed by atoms with Gasteiger partial charge < -0.3 is 10.4 Å². The van der Waals surface area contributed by atoms with Crippen LogP contribution in [0.1, 0.15) is 4.88 Å². The van der Waals surface area contributed by atoms with Gasteiger partial charge >= 0.3 is 11.9 Å². The van der Waals surface area contributed by atoms with E-state index in [1.54, 1.807) is 0 Å². The van der Waals surface area contributed by atoms with Crippen LogP contribution in [0.3, 0.4) is 0 Å². The minimum atomic E-state index is -3.74. The second-order valence-electron chi connectivity index (χ2n) is 2.50. The second kappa shape index (κ2) is 4.38. The van der Waals surface area contributed by atoms with E-state index in [1.807, 2.05) is 0 Å². The summed E-state index contributed by atoms with van der Waals surface area (Å²) in [6, 6.07) is 0. The highest BCUT2D eigenvalue weighted by atomic mass is 32.1. The number of aromatic nitrogens is 2. The van der Waals surface area contributed by atoms with Crippen molar-refractivity contribution in [3.63, 3.8) is 0 Å². The van der Waals surface area contributed by atoms with Gasteiger partial charge in [-0.1, -0.05) is 4.49 Å². The van der Waals surface area contributed by atoms with Gasteiger partial charge in [0.2, 0.25) is 0 Å². The average Bonchev–Trinajstić information content (AvgIpc) is 2.56. The fourth-order valence-corrected chi connectivity index (χ4v) is 1.14. The molecule has 1 aromatic rings. The number of aliphatic carboxylic acids is 1. The lowest BCUT2D eigenvalue weighted by atomic mass is 10.3. The summed E-state index contributed by atoms with van der Waals surface area (Å²) >= 11 is 1.07. The molecule has 0 aliphatic rings. The molecule has 1 rings (SSSR count). The molecule has 2 N–H and O–H groups in total. The van der Waals surface area contributed by atoms with Gasteiger partial charge in [-0.3, -0.25) is 0 Å². The van der Waals surface area contributed by atoms with Crippen molar-refractivity contribution in [3.8, 4) is 0 Å². The molecule has 78 valence electrons. The van der Waals surface area contributed by atoms with Crippen molar-refractivity contribution in [2.45, 2.75) is 12.5 Å². The molecule has 0 unspecified atom stereocenters. The van der Waals surface area contributed by atoms with Crippen molar-refractivity contribution in [1.82, 2.24) is 14.9 Å². The van der Waals surface area contributed by atoms with Gasteiger partial charge in [0.05, 0.1) is 17.6 Å². The van der Waals surface area contributed by atoms with Gasteiger partial charge in [0.25, 0.3) is 0 Å². The van der Waals surface area contributed by atoms with Crippen LogP contribution in [-0.4, -0.2) is 33.1 Å². The van der Waals surface area contributed by atoms with Gasteiger partial charge in [-0.25, -0.2) is 4.79 Å². The van der Waals surface area contributed by atoms with Crippen molar-refractivity contribution in [1.29, 1.82) is 0 Å². The summed E-state index contributed by atoms with van der Waals surface area (Å²) < 4.78 is 28.5. The third-order valence-electron chi connectivity index (χ3n) is 1.37. The molecule has 0 amide bonds. The Labute approximate surface area is 81.9 Å². The van der Waals surface area contributed by atoms with E-state index >= 15 is 0 Å². The summed E-state index contributed by atoms with van der Waals surface area (Å²) in [5, 5.41) is 13.9. The molecule has 0 aliphatic heterocycles. The number of rotatable bonds is 5. The first-order valence-electron chi connectivity index (χ1n) is 3.60. The van der Waals surface area contributed by atoms with Crippen molar-refractivity contribution in [2.75, 3.05) is 6.54 Å². The monoisotopic (exact) mass is 223 g/mol. The Hall–Kier alpha value is -1.15. The molecule has 1 aromatic heterocycles. The van der Waals surface area contributed by atoms with E-state index in [1.165, 1.54) is 6.20 Å². The van der Waals surface area contributed by atoms with Crippen molar-refractivity contribution < 1.29 is 18.7 Å². The number of alkyl halides is 2. The van der Waals surface area contributed by atoms with Crippen LogP contribution in [0.5, 0.6) is 0 Å². The molecule has 0 bridgehead atoms. The van der Waals surface area contributed by atoms with Crippen LogP contribution < -0.4 is 5.32 Å². The molecule has 5 nitrogen and oxygen atoms in total. The standard InChI is InChI=1S/C6H7F2N3O2S/c7-6(8,5(12)13)3-9-1-4-2-10-11-14-4/h2,9H,1,3H2,(H,12,13). The predicted octanol–water partition coefficient (Wildman–Crippen LogP) is 0.348. The van der Waals surface area contributed by atoms with Crippen LogP contribution in [0.2, 0.25) is 0 Å². The van der Waals surface area contributed by atoms with Gasteiger partial charge in [-0.05, 0) is 11.5 Å². The lowest BCUT2D eigenvalue weighted by molar-refractivity contribution is -0.164. The first kappa shape index (κ1) is 10.9. The van der Waals surface area contributed by atoms with E-state index in [-0.39, 0.29) is 6.54 Å². The van der Waals surface area contributed by atoms with E-state index in [0.717, 1.165) is 11.5 Å². The molecular weight excluding hydrogens is 216 g/mol. The van der Waals surface area contributed by atoms with Gasteiger partial charge in [0, 0.05) is 6.54 Å². The molecule has 0 atom stereocenters. The Balaban J connectivity index is 2.31. The van der Waals surface area contributed by atoms with Crippen LogP contribution in [0.25, 0.3) is 0 Å². The molecule has 14 heavy (non-hydrogen) atoms. The highest BCUT2D eigenvalue weighted by molar-refractivity contribution is 7.05. The van der Waals surface area contributed by atoms with Crippen molar-refractivity contribution in [2.24, 2.45) is 0 Å². The lowest BCUT2D eigenvalue weighted by Gasteiger charge is -2.10. The first-order chi connectivity index (χ1) is 6.52. The molecule has 0 spiro atoms. The number of nitrogens with zero attached hydrogens (tertiary/aromatic N) is 2.